The monoisotopic (exact) mass is 313 g/mol. The minimum absolute atomic E-state index is 0.271. The number of likely N-dealkylation sites (N-methyl/N-ethyl adjacent to an activating group) is 1. The van der Waals surface area contributed by atoms with Crippen molar-refractivity contribution in [2.24, 2.45) is 0 Å². The molecule has 1 nitrogen and oxygen atoms in total. The summed E-state index contributed by atoms with van der Waals surface area (Å²) in [5.74, 6) is 0. The Balaban J connectivity index is 2.34. The number of rotatable bonds is 4. The van der Waals surface area contributed by atoms with Gasteiger partial charge in [0.05, 0.1) is 6.04 Å². The third-order valence-electron chi connectivity index (χ3n) is 3.12. The molecular weight excluding hydrogens is 298 g/mol. The zero-order valence-corrected chi connectivity index (χ0v) is 12.3. The van der Waals surface area contributed by atoms with Gasteiger partial charge in [-0.3, -0.25) is 0 Å². The van der Waals surface area contributed by atoms with Crippen molar-refractivity contribution in [2.75, 3.05) is 6.54 Å². The molecule has 1 aromatic carbocycles. The molecule has 3 heteroatoms. The van der Waals surface area contributed by atoms with Gasteiger partial charge in [0.2, 0.25) is 0 Å². The molecule has 1 unspecified atom stereocenters. The number of allylic oxidation sites excluding steroid dienone is 1. The topological polar surface area (TPSA) is 12.0 Å². The van der Waals surface area contributed by atoms with E-state index in [1.54, 1.807) is 0 Å². The molecule has 0 saturated heterocycles. The van der Waals surface area contributed by atoms with E-state index in [-0.39, 0.29) is 6.04 Å². The SMILES string of the molecule is CCNC(C1=CCCC1)c1cc(Br)ccc1Cl. The van der Waals surface area contributed by atoms with Gasteiger partial charge in [0, 0.05) is 9.50 Å². The van der Waals surface area contributed by atoms with Gasteiger partial charge in [-0.15, -0.1) is 0 Å². The van der Waals surface area contributed by atoms with Crippen LogP contribution in [0.2, 0.25) is 5.02 Å². The van der Waals surface area contributed by atoms with Crippen molar-refractivity contribution < 1.29 is 0 Å². The third kappa shape index (κ3) is 3.12. The average Bonchev–Trinajstić information content (AvgIpc) is 2.83. The standard InChI is InChI=1S/C14H17BrClN/c1-2-17-14(10-5-3-4-6-10)12-9-11(15)7-8-13(12)16/h5,7-9,14,17H,2-4,6H2,1H3. The van der Waals surface area contributed by atoms with Crippen LogP contribution in [0.1, 0.15) is 37.8 Å². The first-order valence-corrected chi connectivity index (χ1v) is 7.26. The number of benzene rings is 1. The minimum atomic E-state index is 0.271. The first-order valence-electron chi connectivity index (χ1n) is 6.09. The van der Waals surface area contributed by atoms with Crippen molar-refractivity contribution in [3.05, 3.63) is 44.9 Å². The van der Waals surface area contributed by atoms with Crippen LogP contribution in [0.4, 0.5) is 0 Å². The maximum atomic E-state index is 6.32. The van der Waals surface area contributed by atoms with Crippen LogP contribution >= 0.6 is 27.5 Å². The number of hydrogen-bond donors (Lipinski definition) is 1. The summed E-state index contributed by atoms with van der Waals surface area (Å²) in [4.78, 5) is 0. The maximum Gasteiger partial charge on any atom is 0.0551 e. The van der Waals surface area contributed by atoms with Gasteiger partial charge in [0.1, 0.15) is 0 Å². The second-order valence-electron chi connectivity index (χ2n) is 4.33. The summed E-state index contributed by atoms with van der Waals surface area (Å²) in [6.45, 7) is 3.08. The molecule has 2 rings (SSSR count). The molecule has 1 atom stereocenters. The predicted molar refractivity (Wildman–Crippen MR) is 77.5 cm³/mol. The van der Waals surface area contributed by atoms with E-state index >= 15 is 0 Å². The molecule has 17 heavy (non-hydrogen) atoms. The Morgan fingerprint density at radius 3 is 2.94 bits per heavy atom. The Labute approximate surface area is 116 Å². The zero-order chi connectivity index (χ0) is 12.3. The molecule has 1 aliphatic rings. The lowest BCUT2D eigenvalue weighted by Crippen LogP contribution is -2.22. The molecule has 0 fully saturated rings. The Kier molecular flexibility index (Phi) is 4.66. The summed E-state index contributed by atoms with van der Waals surface area (Å²) in [5, 5.41) is 4.38. The van der Waals surface area contributed by atoms with E-state index in [9.17, 15) is 0 Å². The van der Waals surface area contributed by atoms with Gasteiger partial charge >= 0.3 is 0 Å². The van der Waals surface area contributed by atoms with E-state index in [0.29, 0.717) is 0 Å². The Morgan fingerprint density at radius 2 is 2.29 bits per heavy atom. The maximum absolute atomic E-state index is 6.32. The number of halogens is 2. The van der Waals surface area contributed by atoms with E-state index in [4.69, 9.17) is 11.6 Å². The Morgan fingerprint density at radius 1 is 1.47 bits per heavy atom. The molecule has 0 heterocycles. The average molecular weight is 315 g/mol. The minimum Gasteiger partial charge on any atom is -0.307 e. The molecule has 0 spiro atoms. The van der Waals surface area contributed by atoms with E-state index in [0.717, 1.165) is 16.0 Å². The van der Waals surface area contributed by atoms with Crippen LogP contribution in [0.15, 0.2) is 34.3 Å². The smallest absolute Gasteiger partial charge is 0.0551 e. The Bertz CT molecular complexity index is 428. The normalized spacial score (nSPS) is 17.0. The molecule has 0 aliphatic heterocycles. The van der Waals surface area contributed by atoms with Gasteiger partial charge in [-0.1, -0.05) is 46.1 Å². The molecule has 1 aromatic rings. The van der Waals surface area contributed by atoms with Gasteiger partial charge in [0.25, 0.3) is 0 Å². The summed E-state index contributed by atoms with van der Waals surface area (Å²) in [6, 6.07) is 6.33. The molecule has 1 N–H and O–H groups in total. The molecule has 1 aliphatic carbocycles. The van der Waals surface area contributed by atoms with Gasteiger partial charge in [-0.05, 0) is 49.6 Å². The fraction of sp³-hybridized carbons (Fsp3) is 0.429. The van der Waals surface area contributed by atoms with Crippen molar-refractivity contribution in [2.45, 2.75) is 32.2 Å². The molecule has 0 saturated carbocycles. The number of hydrogen-bond acceptors (Lipinski definition) is 1. The second kappa shape index (κ2) is 6.03. The fourth-order valence-electron chi connectivity index (χ4n) is 2.34. The highest BCUT2D eigenvalue weighted by Gasteiger charge is 2.20. The third-order valence-corrected chi connectivity index (χ3v) is 3.96. The summed E-state index contributed by atoms with van der Waals surface area (Å²) in [6.07, 6.45) is 6.00. The van der Waals surface area contributed by atoms with E-state index in [1.165, 1.54) is 30.4 Å². The van der Waals surface area contributed by atoms with Gasteiger partial charge in [-0.2, -0.15) is 0 Å². The van der Waals surface area contributed by atoms with Gasteiger partial charge in [0.15, 0.2) is 0 Å². The van der Waals surface area contributed by atoms with Crippen LogP contribution in [-0.4, -0.2) is 6.54 Å². The zero-order valence-electron chi connectivity index (χ0n) is 9.97. The van der Waals surface area contributed by atoms with E-state index in [1.807, 2.05) is 12.1 Å². The first-order chi connectivity index (χ1) is 8.22. The number of nitrogens with one attached hydrogen (secondary N) is 1. The van der Waals surface area contributed by atoms with Crippen LogP contribution in [0.5, 0.6) is 0 Å². The highest BCUT2D eigenvalue weighted by Crippen LogP contribution is 2.35. The molecule has 92 valence electrons. The van der Waals surface area contributed by atoms with Crippen molar-refractivity contribution in [1.82, 2.24) is 5.32 Å². The summed E-state index contributed by atoms with van der Waals surface area (Å²) in [7, 11) is 0. The van der Waals surface area contributed by atoms with E-state index < -0.39 is 0 Å². The second-order valence-corrected chi connectivity index (χ2v) is 5.65. The van der Waals surface area contributed by atoms with Gasteiger partial charge in [-0.25, -0.2) is 0 Å². The Hall–Kier alpha value is -0.310. The lowest BCUT2D eigenvalue weighted by Gasteiger charge is -2.21. The quantitative estimate of drug-likeness (QED) is 0.782. The largest absolute Gasteiger partial charge is 0.307 e. The lowest BCUT2D eigenvalue weighted by atomic mass is 9.98. The van der Waals surface area contributed by atoms with Crippen LogP contribution in [0.3, 0.4) is 0 Å². The van der Waals surface area contributed by atoms with Crippen LogP contribution in [0, 0.1) is 0 Å². The van der Waals surface area contributed by atoms with Crippen molar-refractivity contribution in [3.63, 3.8) is 0 Å². The molecule has 0 radical (unpaired) electrons. The van der Waals surface area contributed by atoms with Crippen molar-refractivity contribution >= 4 is 27.5 Å². The molecule has 0 bridgehead atoms. The highest BCUT2D eigenvalue weighted by atomic mass is 79.9. The van der Waals surface area contributed by atoms with E-state index in [2.05, 4.69) is 40.3 Å². The van der Waals surface area contributed by atoms with Crippen LogP contribution < -0.4 is 5.32 Å². The van der Waals surface area contributed by atoms with Crippen molar-refractivity contribution in [1.29, 1.82) is 0 Å². The lowest BCUT2D eigenvalue weighted by molar-refractivity contribution is 0.605. The summed E-state index contributed by atoms with van der Waals surface area (Å²) in [5.41, 5.74) is 2.66. The summed E-state index contributed by atoms with van der Waals surface area (Å²) < 4.78 is 1.08. The highest BCUT2D eigenvalue weighted by molar-refractivity contribution is 9.10. The van der Waals surface area contributed by atoms with Crippen molar-refractivity contribution in [3.8, 4) is 0 Å². The van der Waals surface area contributed by atoms with Crippen LogP contribution in [-0.2, 0) is 0 Å². The van der Waals surface area contributed by atoms with Crippen LogP contribution in [0.25, 0.3) is 0 Å². The predicted octanol–water partition coefficient (Wildman–Crippen LogP) is 4.86. The first kappa shape index (κ1) is 13.1. The molecule has 0 aromatic heterocycles. The van der Waals surface area contributed by atoms with Gasteiger partial charge < -0.3 is 5.32 Å². The molecule has 0 amide bonds. The summed E-state index contributed by atoms with van der Waals surface area (Å²) >= 11 is 9.84. The fourth-order valence-corrected chi connectivity index (χ4v) is 2.94. The molecular formula is C14H17BrClN.